The average Bonchev–Trinajstić information content (AvgIpc) is 3.37. The molecule has 0 spiro atoms. The van der Waals surface area contributed by atoms with E-state index in [1.807, 2.05) is 29.2 Å². The molecule has 0 saturated carbocycles. The standard InChI is InChI=1S/C24H23N3OS/c28-24(26-14-12-25(13-15-26)20-9-5-2-6-10-20)22-17-23-21(11-16-29-23)27(22)18-19-7-3-1-4-8-19/h1-11,16-17H,12-15,18H2. The Balaban J connectivity index is 1.37. The molecule has 146 valence electrons. The van der Waals surface area contributed by atoms with Crippen molar-refractivity contribution in [2.24, 2.45) is 0 Å². The Morgan fingerprint density at radius 3 is 2.28 bits per heavy atom. The zero-order valence-electron chi connectivity index (χ0n) is 16.2. The van der Waals surface area contributed by atoms with Gasteiger partial charge < -0.3 is 14.4 Å². The lowest BCUT2D eigenvalue weighted by molar-refractivity contribution is 0.0737. The molecule has 0 unspecified atom stereocenters. The summed E-state index contributed by atoms with van der Waals surface area (Å²) in [5, 5.41) is 2.10. The monoisotopic (exact) mass is 401 g/mol. The van der Waals surface area contributed by atoms with E-state index in [9.17, 15) is 4.79 Å². The fourth-order valence-electron chi connectivity index (χ4n) is 4.06. The minimum absolute atomic E-state index is 0.136. The highest BCUT2D eigenvalue weighted by Crippen LogP contribution is 2.27. The van der Waals surface area contributed by atoms with E-state index in [2.05, 4.69) is 63.4 Å². The molecule has 1 aliphatic rings. The van der Waals surface area contributed by atoms with Gasteiger partial charge in [-0.3, -0.25) is 4.79 Å². The molecule has 29 heavy (non-hydrogen) atoms. The predicted octanol–water partition coefficient (Wildman–Crippen LogP) is 4.71. The van der Waals surface area contributed by atoms with Crippen molar-refractivity contribution in [3.63, 3.8) is 0 Å². The van der Waals surface area contributed by atoms with E-state index in [4.69, 9.17) is 0 Å². The molecule has 3 heterocycles. The number of fused-ring (bicyclic) bond motifs is 1. The first-order chi connectivity index (χ1) is 14.3. The van der Waals surface area contributed by atoms with Crippen LogP contribution < -0.4 is 4.90 Å². The van der Waals surface area contributed by atoms with Crippen molar-refractivity contribution in [2.75, 3.05) is 31.1 Å². The van der Waals surface area contributed by atoms with Gasteiger partial charge >= 0.3 is 0 Å². The van der Waals surface area contributed by atoms with Gasteiger partial charge in [0.05, 0.1) is 10.2 Å². The number of para-hydroxylation sites is 1. The Morgan fingerprint density at radius 2 is 1.55 bits per heavy atom. The summed E-state index contributed by atoms with van der Waals surface area (Å²) >= 11 is 1.69. The van der Waals surface area contributed by atoms with Crippen LogP contribution in [0.25, 0.3) is 10.2 Å². The lowest BCUT2D eigenvalue weighted by Gasteiger charge is -2.36. The lowest BCUT2D eigenvalue weighted by atomic mass is 10.2. The second-order valence-corrected chi connectivity index (χ2v) is 8.33. The minimum atomic E-state index is 0.136. The first-order valence-electron chi connectivity index (χ1n) is 9.99. The third-order valence-corrected chi connectivity index (χ3v) is 6.47. The first kappa shape index (κ1) is 18.0. The van der Waals surface area contributed by atoms with Crippen LogP contribution in [0.15, 0.2) is 78.2 Å². The molecule has 4 nitrogen and oxygen atoms in total. The number of amides is 1. The van der Waals surface area contributed by atoms with Crippen LogP contribution in [0.1, 0.15) is 16.1 Å². The fourth-order valence-corrected chi connectivity index (χ4v) is 4.88. The van der Waals surface area contributed by atoms with Crippen LogP contribution in [0.4, 0.5) is 5.69 Å². The zero-order chi connectivity index (χ0) is 19.6. The molecule has 4 aromatic rings. The lowest BCUT2D eigenvalue weighted by Crippen LogP contribution is -2.49. The molecule has 5 heteroatoms. The molecule has 0 atom stereocenters. The average molecular weight is 402 g/mol. The second-order valence-electron chi connectivity index (χ2n) is 7.39. The first-order valence-corrected chi connectivity index (χ1v) is 10.9. The van der Waals surface area contributed by atoms with E-state index in [-0.39, 0.29) is 5.91 Å². The summed E-state index contributed by atoms with van der Waals surface area (Å²) in [5.41, 5.74) is 4.38. The van der Waals surface area contributed by atoms with E-state index in [0.29, 0.717) is 6.54 Å². The number of piperazine rings is 1. The number of carbonyl (C=O) groups is 1. The topological polar surface area (TPSA) is 28.5 Å². The molecule has 1 amide bonds. The number of rotatable bonds is 4. The summed E-state index contributed by atoms with van der Waals surface area (Å²) in [7, 11) is 0. The highest BCUT2D eigenvalue weighted by atomic mass is 32.1. The van der Waals surface area contributed by atoms with Gasteiger partial charge in [-0.25, -0.2) is 0 Å². The third kappa shape index (κ3) is 3.54. The Bertz CT molecular complexity index is 1110. The molecule has 2 aromatic heterocycles. The largest absolute Gasteiger partial charge is 0.368 e. The van der Waals surface area contributed by atoms with Crippen LogP contribution in [-0.2, 0) is 6.54 Å². The molecule has 0 radical (unpaired) electrons. The fraction of sp³-hybridized carbons (Fsp3) is 0.208. The third-order valence-electron chi connectivity index (χ3n) is 5.61. The summed E-state index contributed by atoms with van der Waals surface area (Å²) in [4.78, 5) is 17.8. The van der Waals surface area contributed by atoms with E-state index < -0.39 is 0 Å². The van der Waals surface area contributed by atoms with Crippen molar-refractivity contribution in [3.8, 4) is 0 Å². The number of nitrogens with zero attached hydrogens (tertiary/aromatic N) is 3. The van der Waals surface area contributed by atoms with Gasteiger partial charge in [0.15, 0.2) is 0 Å². The summed E-state index contributed by atoms with van der Waals surface area (Å²) in [6.45, 7) is 3.94. The SMILES string of the molecule is O=C(c1cc2sccc2n1Cc1ccccc1)N1CCN(c2ccccc2)CC1. The Labute approximate surface area is 174 Å². The van der Waals surface area contributed by atoms with E-state index in [1.54, 1.807) is 11.3 Å². The summed E-state index contributed by atoms with van der Waals surface area (Å²) in [6.07, 6.45) is 0. The second kappa shape index (κ2) is 7.76. The van der Waals surface area contributed by atoms with Crippen molar-refractivity contribution in [1.29, 1.82) is 0 Å². The van der Waals surface area contributed by atoms with E-state index >= 15 is 0 Å². The molecule has 0 aliphatic carbocycles. The van der Waals surface area contributed by atoms with Crippen LogP contribution in [0.2, 0.25) is 0 Å². The molecule has 0 N–H and O–H groups in total. The summed E-state index contributed by atoms with van der Waals surface area (Å²) < 4.78 is 3.35. The Hall–Kier alpha value is -3.05. The Kier molecular flexibility index (Phi) is 4.82. The van der Waals surface area contributed by atoms with Gasteiger partial charge in [-0.1, -0.05) is 48.5 Å². The Morgan fingerprint density at radius 1 is 0.862 bits per heavy atom. The van der Waals surface area contributed by atoms with Crippen molar-refractivity contribution >= 4 is 33.1 Å². The molecule has 1 aliphatic heterocycles. The molecule has 2 aromatic carbocycles. The van der Waals surface area contributed by atoms with Crippen molar-refractivity contribution in [3.05, 3.63) is 89.4 Å². The smallest absolute Gasteiger partial charge is 0.270 e. The number of hydrogen-bond acceptors (Lipinski definition) is 3. The normalized spacial score (nSPS) is 14.5. The van der Waals surface area contributed by atoms with Crippen molar-refractivity contribution in [2.45, 2.75) is 6.54 Å². The molecule has 0 bridgehead atoms. The number of carbonyl (C=O) groups excluding carboxylic acids is 1. The maximum Gasteiger partial charge on any atom is 0.270 e. The number of thiophene rings is 1. The van der Waals surface area contributed by atoms with Gasteiger partial charge in [0.25, 0.3) is 5.91 Å². The van der Waals surface area contributed by atoms with E-state index in [0.717, 1.165) is 37.4 Å². The summed E-state index contributed by atoms with van der Waals surface area (Å²) in [6, 6.07) is 25.0. The molecule has 1 fully saturated rings. The van der Waals surface area contributed by atoms with E-state index in [1.165, 1.54) is 16.0 Å². The van der Waals surface area contributed by atoms with Gasteiger partial charge in [-0.05, 0) is 35.2 Å². The van der Waals surface area contributed by atoms with Gasteiger partial charge in [0, 0.05) is 38.4 Å². The van der Waals surface area contributed by atoms with Crippen LogP contribution >= 0.6 is 11.3 Å². The maximum atomic E-state index is 13.4. The highest BCUT2D eigenvalue weighted by Gasteiger charge is 2.25. The van der Waals surface area contributed by atoms with Crippen LogP contribution in [0, 0.1) is 0 Å². The van der Waals surface area contributed by atoms with Crippen LogP contribution in [0.5, 0.6) is 0 Å². The highest BCUT2D eigenvalue weighted by molar-refractivity contribution is 7.17. The molecule has 5 rings (SSSR count). The predicted molar refractivity (Wildman–Crippen MR) is 120 cm³/mol. The summed E-state index contributed by atoms with van der Waals surface area (Å²) in [5.74, 6) is 0.136. The molecular weight excluding hydrogens is 378 g/mol. The molecular formula is C24H23N3OS. The van der Waals surface area contributed by atoms with Gasteiger partial charge in [-0.15, -0.1) is 11.3 Å². The number of benzene rings is 2. The quantitative estimate of drug-likeness (QED) is 0.495. The van der Waals surface area contributed by atoms with Crippen molar-refractivity contribution < 1.29 is 4.79 Å². The number of hydrogen-bond donors (Lipinski definition) is 0. The number of anilines is 1. The van der Waals surface area contributed by atoms with Gasteiger partial charge in [0.1, 0.15) is 5.69 Å². The van der Waals surface area contributed by atoms with Gasteiger partial charge in [0.2, 0.25) is 0 Å². The minimum Gasteiger partial charge on any atom is -0.368 e. The zero-order valence-corrected chi connectivity index (χ0v) is 17.0. The maximum absolute atomic E-state index is 13.4. The van der Waals surface area contributed by atoms with Gasteiger partial charge in [-0.2, -0.15) is 0 Å². The number of aromatic nitrogens is 1. The van der Waals surface area contributed by atoms with Crippen LogP contribution in [0.3, 0.4) is 0 Å². The van der Waals surface area contributed by atoms with Crippen LogP contribution in [-0.4, -0.2) is 41.6 Å². The molecule has 1 saturated heterocycles. The van der Waals surface area contributed by atoms with Crippen molar-refractivity contribution in [1.82, 2.24) is 9.47 Å².